The summed E-state index contributed by atoms with van der Waals surface area (Å²) in [5.74, 6) is 1.17. The van der Waals surface area contributed by atoms with Crippen LogP contribution in [0, 0.1) is 6.92 Å². The highest BCUT2D eigenvalue weighted by Gasteiger charge is 2.20. The van der Waals surface area contributed by atoms with Crippen molar-refractivity contribution < 1.29 is 9.53 Å². The van der Waals surface area contributed by atoms with Crippen molar-refractivity contribution in [3.63, 3.8) is 0 Å². The molecular formula is C16H24N2O2. The minimum absolute atomic E-state index is 0.159. The molecule has 20 heavy (non-hydrogen) atoms. The first-order chi connectivity index (χ1) is 9.59. The number of hydrogen-bond donors (Lipinski definition) is 1. The zero-order valence-electron chi connectivity index (χ0n) is 12.6. The van der Waals surface area contributed by atoms with E-state index >= 15 is 0 Å². The summed E-state index contributed by atoms with van der Waals surface area (Å²) in [6.07, 6.45) is 2.62. The molecule has 0 spiro atoms. The number of carbonyl (C=O) groups is 1. The molecule has 4 nitrogen and oxygen atoms in total. The molecule has 1 aliphatic rings. The molecule has 1 atom stereocenters. The summed E-state index contributed by atoms with van der Waals surface area (Å²) in [6.45, 7) is 3.55. The van der Waals surface area contributed by atoms with Gasteiger partial charge in [0, 0.05) is 38.7 Å². The van der Waals surface area contributed by atoms with Gasteiger partial charge in [-0.15, -0.1) is 0 Å². The molecule has 110 valence electrons. The van der Waals surface area contributed by atoms with Crippen LogP contribution in [0.25, 0.3) is 0 Å². The van der Waals surface area contributed by atoms with E-state index in [1.807, 2.05) is 0 Å². The second-order valence-electron chi connectivity index (χ2n) is 5.53. The number of ether oxygens (including phenoxy) is 1. The molecule has 0 saturated heterocycles. The zero-order valence-corrected chi connectivity index (χ0v) is 12.6. The smallest absolute Gasteiger partial charge is 0.223 e. The Morgan fingerprint density at radius 2 is 2.25 bits per heavy atom. The maximum atomic E-state index is 11.6. The predicted octanol–water partition coefficient (Wildman–Crippen LogP) is 2.28. The van der Waals surface area contributed by atoms with Crippen LogP contribution in [0.1, 0.15) is 36.4 Å². The van der Waals surface area contributed by atoms with Gasteiger partial charge in [0.15, 0.2) is 0 Å². The van der Waals surface area contributed by atoms with Crippen molar-refractivity contribution in [2.24, 2.45) is 0 Å². The van der Waals surface area contributed by atoms with Crippen molar-refractivity contribution in [2.75, 3.05) is 27.2 Å². The molecule has 1 heterocycles. The van der Waals surface area contributed by atoms with E-state index < -0.39 is 0 Å². The minimum Gasteiger partial charge on any atom is -0.493 e. The van der Waals surface area contributed by atoms with Crippen LogP contribution in [0.2, 0.25) is 0 Å². The quantitative estimate of drug-likeness (QED) is 0.917. The third-order valence-electron chi connectivity index (χ3n) is 3.73. The summed E-state index contributed by atoms with van der Waals surface area (Å²) in [6, 6.07) is 6.56. The average Bonchev–Trinajstić information content (AvgIpc) is 2.62. The molecule has 0 aliphatic carbocycles. The second-order valence-corrected chi connectivity index (χ2v) is 5.53. The fourth-order valence-corrected chi connectivity index (χ4v) is 2.55. The molecule has 1 amide bonds. The van der Waals surface area contributed by atoms with Gasteiger partial charge in [0.25, 0.3) is 0 Å². The van der Waals surface area contributed by atoms with Crippen molar-refractivity contribution in [3.05, 3.63) is 29.3 Å². The second kappa shape index (κ2) is 6.75. The Kier molecular flexibility index (Phi) is 5.01. The van der Waals surface area contributed by atoms with Crippen molar-refractivity contribution in [3.8, 4) is 5.75 Å². The van der Waals surface area contributed by atoms with Gasteiger partial charge in [-0.1, -0.05) is 18.2 Å². The number of amides is 1. The first kappa shape index (κ1) is 14.9. The molecule has 0 fully saturated rings. The number of fused-ring (bicyclic) bond motifs is 1. The Labute approximate surface area is 121 Å². The third kappa shape index (κ3) is 3.51. The summed E-state index contributed by atoms with van der Waals surface area (Å²) in [5, 5.41) is 3.50. The van der Waals surface area contributed by atoms with Crippen molar-refractivity contribution in [1.29, 1.82) is 0 Å². The number of rotatable bonds is 4. The summed E-state index contributed by atoms with van der Waals surface area (Å²) >= 11 is 0. The van der Waals surface area contributed by atoms with Gasteiger partial charge in [0.1, 0.15) is 5.75 Å². The summed E-state index contributed by atoms with van der Waals surface area (Å²) in [4.78, 5) is 13.2. The first-order valence-corrected chi connectivity index (χ1v) is 7.25. The predicted molar refractivity (Wildman–Crippen MR) is 80.0 cm³/mol. The van der Waals surface area contributed by atoms with Crippen molar-refractivity contribution >= 4 is 5.91 Å². The van der Waals surface area contributed by atoms with E-state index in [9.17, 15) is 4.79 Å². The Balaban J connectivity index is 2.02. The van der Waals surface area contributed by atoms with Crippen molar-refractivity contribution in [1.82, 2.24) is 10.2 Å². The highest BCUT2D eigenvalue weighted by Crippen LogP contribution is 2.33. The Morgan fingerprint density at radius 3 is 3.00 bits per heavy atom. The highest BCUT2D eigenvalue weighted by atomic mass is 16.5. The van der Waals surface area contributed by atoms with E-state index in [1.54, 1.807) is 19.0 Å². The number of aryl methyl sites for hydroxylation is 1. The Morgan fingerprint density at radius 1 is 1.45 bits per heavy atom. The van der Waals surface area contributed by atoms with E-state index in [-0.39, 0.29) is 11.9 Å². The lowest BCUT2D eigenvalue weighted by Crippen LogP contribution is -2.29. The van der Waals surface area contributed by atoms with E-state index in [4.69, 9.17) is 4.74 Å². The topological polar surface area (TPSA) is 41.6 Å². The minimum atomic E-state index is 0.159. The van der Waals surface area contributed by atoms with Gasteiger partial charge >= 0.3 is 0 Å². The van der Waals surface area contributed by atoms with E-state index in [1.165, 1.54) is 11.1 Å². The molecule has 1 aliphatic heterocycles. The Bertz CT molecular complexity index is 472. The molecule has 2 rings (SSSR count). The number of hydrogen-bond acceptors (Lipinski definition) is 3. The average molecular weight is 276 g/mol. The normalized spacial score (nSPS) is 17.9. The fourth-order valence-electron chi connectivity index (χ4n) is 2.55. The number of benzene rings is 1. The third-order valence-corrected chi connectivity index (χ3v) is 3.73. The number of carbonyl (C=O) groups excluding carboxylic acids is 1. The van der Waals surface area contributed by atoms with Crippen LogP contribution in [0.15, 0.2) is 18.2 Å². The Hall–Kier alpha value is -1.55. The maximum Gasteiger partial charge on any atom is 0.223 e. The summed E-state index contributed by atoms with van der Waals surface area (Å²) < 4.78 is 5.86. The van der Waals surface area contributed by atoms with Crippen LogP contribution in [-0.4, -0.2) is 38.1 Å². The lowest BCUT2D eigenvalue weighted by molar-refractivity contribution is -0.128. The maximum absolute atomic E-state index is 11.6. The van der Waals surface area contributed by atoms with Gasteiger partial charge in [-0.05, 0) is 25.3 Å². The van der Waals surface area contributed by atoms with Gasteiger partial charge in [-0.2, -0.15) is 0 Å². The SMILES string of the molecule is Cc1cccc2c1OCCCC2NCCC(=O)N(C)C. The molecule has 0 radical (unpaired) electrons. The van der Waals surface area contributed by atoms with E-state index in [0.717, 1.165) is 25.2 Å². The van der Waals surface area contributed by atoms with Gasteiger partial charge in [-0.3, -0.25) is 4.79 Å². The lowest BCUT2D eigenvalue weighted by atomic mass is 10.00. The molecule has 4 heteroatoms. The van der Waals surface area contributed by atoms with Crippen molar-refractivity contribution in [2.45, 2.75) is 32.2 Å². The molecular weight excluding hydrogens is 252 g/mol. The van der Waals surface area contributed by atoms with Crippen LogP contribution >= 0.6 is 0 Å². The first-order valence-electron chi connectivity index (χ1n) is 7.25. The lowest BCUT2D eigenvalue weighted by Gasteiger charge is -2.20. The number of nitrogens with zero attached hydrogens (tertiary/aromatic N) is 1. The largest absolute Gasteiger partial charge is 0.493 e. The van der Waals surface area contributed by atoms with Gasteiger partial charge in [-0.25, -0.2) is 0 Å². The van der Waals surface area contributed by atoms with Gasteiger partial charge in [0.05, 0.1) is 6.61 Å². The summed E-state index contributed by atoms with van der Waals surface area (Å²) in [7, 11) is 3.58. The van der Waals surface area contributed by atoms with Crippen LogP contribution < -0.4 is 10.1 Å². The van der Waals surface area contributed by atoms with Crippen LogP contribution in [0.3, 0.4) is 0 Å². The number of para-hydroxylation sites is 1. The van der Waals surface area contributed by atoms with Crippen LogP contribution in [-0.2, 0) is 4.79 Å². The van der Waals surface area contributed by atoms with Gasteiger partial charge < -0.3 is 15.0 Å². The molecule has 1 unspecified atom stereocenters. The highest BCUT2D eigenvalue weighted by molar-refractivity contribution is 5.75. The molecule has 1 aromatic rings. The molecule has 0 aromatic heterocycles. The molecule has 0 saturated carbocycles. The molecule has 1 aromatic carbocycles. The van der Waals surface area contributed by atoms with E-state index in [2.05, 4.69) is 30.4 Å². The molecule has 1 N–H and O–H groups in total. The zero-order chi connectivity index (χ0) is 14.5. The fraction of sp³-hybridized carbons (Fsp3) is 0.562. The van der Waals surface area contributed by atoms with Gasteiger partial charge in [0.2, 0.25) is 5.91 Å². The molecule has 0 bridgehead atoms. The standard InChI is InChI=1S/C16H24N2O2/c1-12-6-4-7-13-14(8-5-11-20-16(12)13)17-10-9-15(19)18(2)3/h4,6-7,14,17H,5,8-11H2,1-3H3. The summed E-state index contributed by atoms with van der Waals surface area (Å²) in [5.41, 5.74) is 2.40. The van der Waals surface area contributed by atoms with Crippen LogP contribution in [0.4, 0.5) is 0 Å². The van der Waals surface area contributed by atoms with E-state index in [0.29, 0.717) is 13.0 Å². The number of nitrogens with one attached hydrogen (secondary N) is 1. The van der Waals surface area contributed by atoms with Crippen LogP contribution in [0.5, 0.6) is 5.75 Å². The monoisotopic (exact) mass is 276 g/mol.